The van der Waals surface area contributed by atoms with E-state index in [1.807, 2.05) is 36.4 Å². The molecule has 108 valence electrons. The van der Waals surface area contributed by atoms with Gasteiger partial charge in [0.2, 0.25) is 0 Å². The van der Waals surface area contributed by atoms with Crippen LogP contribution in [-0.2, 0) is 0 Å². The molecule has 0 saturated carbocycles. The van der Waals surface area contributed by atoms with Crippen LogP contribution in [-0.4, -0.2) is 16.7 Å². The van der Waals surface area contributed by atoms with Gasteiger partial charge in [0, 0.05) is 5.39 Å². The minimum Gasteiger partial charge on any atom is -0.495 e. The Labute approximate surface area is 136 Å². The van der Waals surface area contributed by atoms with Crippen LogP contribution in [0, 0.1) is 0 Å². The average molecular weight is 353 g/mol. The second-order valence-electron chi connectivity index (χ2n) is 5.04. The molecule has 22 heavy (non-hydrogen) atoms. The summed E-state index contributed by atoms with van der Waals surface area (Å²) in [4.78, 5) is 4.60. The summed E-state index contributed by atoms with van der Waals surface area (Å²) in [6.45, 7) is 0. The first-order chi connectivity index (χ1) is 10.8. The summed E-state index contributed by atoms with van der Waals surface area (Å²) in [5, 5.41) is 2.30. The molecule has 3 aromatic carbocycles. The Kier molecular flexibility index (Phi) is 3.12. The van der Waals surface area contributed by atoms with Crippen LogP contribution in [0.3, 0.4) is 0 Å². The van der Waals surface area contributed by atoms with E-state index in [2.05, 4.69) is 49.7 Å². The molecule has 4 rings (SSSR count). The Hall–Kier alpha value is -2.33. The maximum atomic E-state index is 5.61. The Bertz CT molecular complexity index is 991. The Balaban J connectivity index is 2.18. The van der Waals surface area contributed by atoms with Crippen molar-refractivity contribution < 1.29 is 4.74 Å². The van der Waals surface area contributed by atoms with Gasteiger partial charge in [-0.2, -0.15) is 0 Å². The highest BCUT2D eigenvalue weighted by Crippen LogP contribution is 2.36. The number of rotatable bonds is 2. The van der Waals surface area contributed by atoms with Gasteiger partial charge in [0.15, 0.2) is 4.73 Å². The number of imidazole rings is 1. The van der Waals surface area contributed by atoms with Gasteiger partial charge >= 0.3 is 0 Å². The largest absolute Gasteiger partial charge is 0.495 e. The van der Waals surface area contributed by atoms with Crippen LogP contribution in [0.2, 0.25) is 0 Å². The van der Waals surface area contributed by atoms with Crippen molar-refractivity contribution in [2.75, 3.05) is 7.11 Å². The summed E-state index contributed by atoms with van der Waals surface area (Å²) >= 11 is 3.59. The summed E-state index contributed by atoms with van der Waals surface area (Å²) < 4.78 is 8.47. The number of hydrogen-bond acceptors (Lipinski definition) is 2. The van der Waals surface area contributed by atoms with Gasteiger partial charge in [0.25, 0.3) is 0 Å². The molecule has 0 unspecified atom stereocenters. The molecule has 0 saturated heterocycles. The average Bonchev–Trinajstić information content (AvgIpc) is 2.89. The molecule has 0 aliphatic carbocycles. The molecule has 0 N–H and O–H groups in total. The van der Waals surface area contributed by atoms with Crippen LogP contribution >= 0.6 is 15.9 Å². The molecule has 0 fully saturated rings. The van der Waals surface area contributed by atoms with Gasteiger partial charge in [0.1, 0.15) is 5.75 Å². The number of methoxy groups -OCH3 is 1. The number of fused-ring (bicyclic) bond motifs is 2. The van der Waals surface area contributed by atoms with Gasteiger partial charge in [-0.15, -0.1) is 0 Å². The Morgan fingerprint density at radius 2 is 1.73 bits per heavy atom. The zero-order valence-electron chi connectivity index (χ0n) is 12.0. The van der Waals surface area contributed by atoms with E-state index in [0.717, 1.165) is 32.6 Å². The minimum atomic E-state index is 0.767. The van der Waals surface area contributed by atoms with Gasteiger partial charge in [-0.3, -0.25) is 4.57 Å². The highest BCUT2D eigenvalue weighted by Gasteiger charge is 2.16. The normalized spacial score (nSPS) is 11.2. The molecule has 0 atom stereocenters. The number of para-hydroxylation sites is 2. The summed E-state index contributed by atoms with van der Waals surface area (Å²) in [6.07, 6.45) is 0. The molecule has 0 aliphatic rings. The van der Waals surface area contributed by atoms with E-state index in [1.165, 1.54) is 5.39 Å². The van der Waals surface area contributed by atoms with Crippen LogP contribution in [0.4, 0.5) is 0 Å². The molecule has 0 radical (unpaired) electrons. The molecule has 4 aromatic rings. The quantitative estimate of drug-likeness (QED) is 0.510. The molecule has 0 aliphatic heterocycles. The van der Waals surface area contributed by atoms with Crippen LogP contribution in [0.1, 0.15) is 0 Å². The molecule has 1 heterocycles. The van der Waals surface area contributed by atoms with E-state index >= 15 is 0 Å². The smallest absolute Gasteiger partial charge is 0.182 e. The van der Waals surface area contributed by atoms with Crippen molar-refractivity contribution in [3.63, 3.8) is 0 Å². The third-order valence-electron chi connectivity index (χ3n) is 3.83. The van der Waals surface area contributed by atoms with Crippen LogP contribution in [0.15, 0.2) is 65.4 Å². The van der Waals surface area contributed by atoms with Crippen molar-refractivity contribution in [2.24, 2.45) is 0 Å². The summed E-state index contributed by atoms with van der Waals surface area (Å²) in [6, 6.07) is 20.4. The lowest BCUT2D eigenvalue weighted by molar-refractivity contribution is 0.413. The first-order valence-corrected chi connectivity index (χ1v) is 7.78. The van der Waals surface area contributed by atoms with Gasteiger partial charge < -0.3 is 4.74 Å². The number of aromatic nitrogens is 2. The molecule has 1 aromatic heterocycles. The molecule has 0 amide bonds. The number of halogens is 1. The van der Waals surface area contributed by atoms with Crippen LogP contribution in [0.25, 0.3) is 27.5 Å². The van der Waals surface area contributed by atoms with E-state index in [4.69, 9.17) is 4.74 Å². The maximum absolute atomic E-state index is 5.61. The van der Waals surface area contributed by atoms with Crippen molar-refractivity contribution in [1.82, 2.24) is 9.55 Å². The lowest BCUT2D eigenvalue weighted by atomic mass is 10.1. The lowest BCUT2D eigenvalue weighted by Gasteiger charge is -2.14. The maximum Gasteiger partial charge on any atom is 0.182 e. The number of benzene rings is 3. The number of nitrogens with zero attached hydrogens (tertiary/aromatic N) is 2. The second kappa shape index (κ2) is 5.14. The molecule has 4 heteroatoms. The lowest BCUT2D eigenvalue weighted by Crippen LogP contribution is -1.99. The van der Waals surface area contributed by atoms with Crippen LogP contribution in [0.5, 0.6) is 5.75 Å². The standard InChI is InChI=1S/C18H13BrN2O/c1-22-16-11-10-12-6-2-3-7-13(12)17(16)21-15-9-5-4-8-14(15)20-18(21)19/h2-11H,1H3. The van der Waals surface area contributed by atoms with Crippen molar-refractivity contribution in [3.05, 3.63) is 65.4 Å². The monoisotopic (exact) mass is 352 g/mol. The van der Waals surface area contributed by atoms with Gasteiger partial charge in [-0.25, -0.2) is 4.98 Å². The topological polar surface area (TPSA) is 27.1 Å². The Morgan fingerprint density at radius 3 is 2.59 bits per heavy atom. The number of hydrogen-bond donors (Lipinski definition) is 0. The minimum absolute atomic E-state index is 0.767. The fourth-order valence-electron chi connectivity index (χ4n) is 2.84. The Morgan fingerprint density at radius 1 is 0.955 bits per heavy atom. The van der Waals surface area contributed by atoms with Crippen LogP contribution < -0.4 is 4.74 Å². The molecular weight excluding hydrogens is 340 g/mol. The zero-order chi connectivity index (χ0) is 15.1. The van der Waals surface area contributed by atoms with E-state index < -0.39 is 0 Å². The zero-order valence-corrected chi connectivity index (χ0v) is 13.5. The highest BCUT2D eigenvalue weighted by atomic mass is 79.9. The van der Waals surface area contributed by atoms with Crippen molar-refractivity contribution in [3.8, 4) is 11.4 Å². The fourth-order valence-corrected chi connectivity index (χ4v) is 3.40. The molecule has 3 nitrogen and oxygen atoms in total. The van der Waals surface area contributed by atoms with E-state index in [0.29, 0.717) is 0 Å². The first kappa shape index (κ1) is 13.3. The first-order valence-electron chi connectivity index (χ1n) is 6.98. The second-order valence-corrected chi connectivity index (χ2v) is 5.75. The van der Waals surface area contributed by atoms with E-state index in [-0.39, 0.29) is 0 Å². The summed E-state index contributed by atoms with van der Waals surface area (Å²) in [7, 11) is 1.70. The number of ether oxygens (including phenoxy) is 1. The van der Waals surface area contributed by atoms with Gasteiger partial charge in [-0.05, 0) is 39.5 Å². The summed E-state index contributed by atoms with van der Waals surface area (Å²) in [5.74, 6) is 0.822. The third-order valence-corrected chi connectivity index (χ3v) is 4.36. The molecular formula is C18H13BrN2O. The SMILES string of the molecule is COc1ccc2ccccc2c1-n1c(Br)nc2ccccc21. The fraction of sp³-hybridized carbons (Fsp3) is 0.0556. The van der Waals surface area contributed by atoms with Crippen molar-refractivity contribution >= 4 is 37.7 Å². The van der Waals surface area contributed by atoms with Gasteiger partial charge in [0.05, 0.1) is 23.8 Å². The van der Waals surface area contributed by atoms with E-state index in [9.17, 15) is 0 Å². The van der Waals surface area contributed by atoms with Gasteiger partial charge in [-0.1, -0.05) is 42.5 Å². The third kappa shape index (κ3) is 1.91. The van der Waals surface area contributed by atoms with Crippen molar-refractivity contribution in [1.29, 1.82) is 0 Å². The highest BCUT2D eigenvalue weighted by molar-refractivity contribution is 9.10. The van der Waals surface area contributed by atoms with Crippen molar-refractivity contribution in [2.45, 2.75) is 0 Å². The molecule has 0 spiro atoms. The van der Waals surface area contributed by atoms with E-state index in [1.54, 1.807) is 7.11 Å². The summed E-state index contributed by atoms with van der Waals surface area (Å²) in [5.41, 5.74) is 2.99. The predicted octanol–water partition coefficient (Wildman–Crippen LogP) is 4.95. The predicted molar refractivity (Wildman–Crippen MR) is 92.8 cm³/mol. The molecule has 0 bridgehead atoms.